The maximum Gasteiger partial charge on any atom is 0.291 e. The lowest BCUT2D eigenvalue weighted by atomic mass is 10.1. The molecule has 6 nitrogen and oxygen atoms in total. The minimum Gasteiger partial charge on any atom is -0.459 e. The predicted molar refractivity (Wildman–Crippen MR) is 83.2 cm³/mol. The van der Waals surface area contributed by atoms with Gasteiger partial charge in [-0.05, 0) is 29.8 Å². The lowest BCUT2D eigenvalue weighted by Crippen LogP contribution is -2.32. The summed E-state index contributed by atoms with van der Waals surface area (Å²) in [5.41, 5.74) is 7.04. The van der Waals surface area contributed by atoms with E-state index in [1.54, 1.807) is 31.2 Å². The zero-order valence-electron chi connectivity index (χ0n) is 12.3. The van der Waals surface area contributed by atoms with Crippen LogP contribution in [0, 0.1) is 5.92 Å². The van der Waals surface area contributed by atoms with Crippen LogP contribution >= 0.6 is 0 Å². The van der Waals surface area contributed by atoms with Crippen LogP contribution < -0.4 is 16.4 Å². The lowest BCUT2D eigenvalue weighted by Gasteiger charge is -2.10. The van der Waals surface area contributed by atoms with Gasteiger partial charge in [0.2, 0.25) is 5.91 Å². The van der Waals surface area contributed by atoms with Crippen LogP contribution in [0.15, 0.2) is 47.1 Å². The highest BCUT2D eigenvalue weighted by molar-refractivity contribution is 6.02. The van der Waals surface area contributed by atoms with E-state index in [0.717, 1.165) is 5.56 Å². The highest BCUT2D eigenvalue weighted by Gasteiger charge is 2.10. The minimum atomic E-state index is -0.303. The number of hydrogen-bond donors (Lipinski definition) is 3. The van der Waals surface area contributed by atoms with Crippen LogP contribution in [0.25, 0.3) is 0 Å². The fourth-order valence-electron chi connectivity index (χ4n) is 1.78. The van der Waals surface area contributed by atoms with E-state index < -0.39 is 0 Å². The molecule has 6 heteroatoms. The summed E-state index contributed by atoms with van der Waals surface area (Å²) in [7, 11) is 0. The van der Waals surface area contributed by atoms with E-state index in [2.05, 4.69) is 10.6 Å². The lowest BCUT2D eigenvalue weighted by molar-refractivity contribution is -0.124. The molecule has 1 heterocycles. The average Bonchev–Trinajstić information content (AvgIpc) is 3.07. The number of nitrogens with two attached hydrogens (primary N) is 1. The first-order chi connectivity index (χ1) is 10.6. The summed E-state index contributed by atoms with van der Waals surface area (Å²) in [6.07, 6.45) is 1.45. The van der Waals surface area contributed by atoms with Crippen LogP contribution in [-0.2, 0) is 11.3 Å². The molecular formula is C16H19N3O3. The van der Waals surface area contributed by atoms with Crippen LogP contribution in [0.4, 0.5) is 5.69 Å². The molecule has 0 aliphatic carbocycles. The second-order valence-electron chi connectivity index (χ2n) is 4.98. The largest absolute Gasteiger partial charge is 0.459 e. The first-order valence-corrected chi connectivity index (χ1v) is 7.01. The maximum absolute atomic E-state index is 11.8. The standard InChI is InChI=1S/C16H19N3O3/c1-11(9-17)15(20)18-10-12-4-6-13(7-5-12)19-16(21)14-3-2-8-22-14/h2-8,11H,9-10,17H2,1H3,(H,18,20)(H,19,21). The summed E-state index contributed by atoms with van der Waals surface area (Å²) < 4.78 is 5.02. The Hall–Kier alpha value is -2.60. The molecule has 0 aliphatic rings. The molecule has 0 saturated heterocycles. The van der Waals surface area contributed by atoms with E-state index in [1.165, 1.54) is 6.26 Å². The molecular weight excluding hydrogens is 282 g/mol. The van der Waals surface area contributed by atoms with E-state index in [-0.39, 0.29) is 23.5 Å². The summed E-state index contributed by atoms with van der Waals surface area (Å²) in [6.45, 7) is 2.53. The Balaban J connectivity index is 1.88. The Morgan fingerprint density at radius 3 is 2.55 bits per heavy atom. The molecule has 2 aromatic rings. The number of benzene rings is 1. The first kappa shape index (κ1) is 15.8. The van der Waals surface area contributed by atoms with Gasteiger partial charge in [0.15, 0.2) is 5.76 Å². The predicted octanol–water partition coefficient (Wildman–Crippen LogP) is 1.74. The van der Waals surface area contributed by atoms with Crippen molar-refractivity contribution in [2.45, 2.75) is 13.5 Å². The van der Waals surface area contributed by atoms with E-state index in [4.69, 9.17) is 10.2 Å². The van der Waals surface area contributed by atoms with Gasteiger partial charge in [0.25, 0.3) is 5.91 Å². The van der Waals surface area contributed by atoms with E-state index >= 15 is 0 Å². The maximum atomic E-state index is 11.8. The van der Waals surface area contributed by atoms with Gasteiger partial charge in [-0.25, -0.2) is 0 Å². The van der Waals surface area contributed by atoms with Gasteiger partial charge in [0.1, 0.15) is 0 Å². The zero-order chi connectivity index (χ0) is 15.9. The highest BCUT2D eigenvalue weighted by atomic mass is 16.3. The molecule has 2 rings (SSSR count). The smallest absolute Gasteiger partial charge is 0.291 e. The molecule has 1 unspecified atom stereocenters. The minimum absolute atomic E-state index is 0.0716. The topological polar surface area (TPSA) is 97.4 Å². The molecule has 4 N–H and O–H groups in total. The fourth-order valence-corrected chi connectivity index (χ4v) is 1.78. The molecule has 116 valence electrons. The van der Waals surface area contributed by atoms with Crippen LogP contribution in [0.5, 0.6) is 0 Å². The highest BCUT2D eigenvalue weighted by Crippen LogP contribution is 2.12. The van der Waals surface area contributed by atoms with Crippen molar-refractivity contribution in [3.05, 3.63) is 54.0 Å². The van der Waals surface area contributed by atoms with Crippen molar-refractivity contribution in [1.29, 1.82) is 0 Å². The van der Waals surface area contributed by atoms with Gasteiger partial charge in [-0.3, -0.25) is 9.59 Å². The molecule has 0 spiro atoms. The SMILES string of the molecule is CC(CN)C(=O)NCc1ccc(NC(=O)c2ccco2)cc1. The van der Waals surface area contributed by atoms with Crippen LogP contribution in [0.2, 0.25) is 0 Å². The molecule has 0 radical (unpaired) electrons. The quantitative estimate of drug-likeness (QED) is 0.757. The monoisotopic (exact) mass is 301 g/mol. The van der Waals surface area contributed by atoms with Crippen molar-refractivity contribution >= 4 is 17.5 Å². The number of hydrogen-bond acceptors (Lipinski definition) is 4. The van der Waals surface area contributed by atoms with Gasteiger partial charge in [-0.15, -0.1) is 0 Å². The Labute approximate surface area is 128 Å². The summed E-state index contributed by atoms with van der Waals surface area (Å²) in [5.74, 6) is -0.320. The van der Waals surface area contributed by atoms with Crippen molar-refractivity contribution in [2.75, 3.05) is 11.9 Å². The molecule has 22 heavy (non-hydrogen) atoms. The third-order valence-electron chi connectivity index (χ3n) is 3.22. The second-order valence-corrected chi connectivity index (χ2v) is 4.98. The van der Waals surface area contributed by atoms with Gasteiger partial charge >= 0.3 is 0 Å². The molecule has 1 aromatic carbocycles. The normalized spacial score (nSPS) is 11.7. The van der Waals surface area contributed by atoms with Crippen molar-refractivity contribution in [1.82, 2.24) is 5.32 Å². The van der Waals surface area contributed by atoms with Crippen molar-refractivity contribution in [3.8, 4) is 0 Å². The number of amides is 2. The van der Waals surface area contributed by atoms with Crippen LogP contribution in [-0.4, -0.2) is 18.4 Å². The van der Waals surface area contributed by atoms with Crippen LogP contribution in [0.3, 0.4) is 0 Å². The number of carbonyl (C=O) groups is 2. The molecule has 2 amide bonds. The molecule has 0 fully saturated rings. The van der Waals surface area contributed by atoms with Crippen molar-refractivity contribution in [2.24, 2.45) is 11.7 Å². The first-order valence-electron chi connectivity index (χ1n) is 7.01. The zero-order valence-corrected chi connectivity index (χ0v) is 12.3. The summed E-state index contributed by atoms with van der Waals surface area (Å²) in [5, 5.41) is 5.54. The van der Waals surface area contributed by atoms with Gasteiger partial charge in [0, 0.05) is 24.7 Å². The molecule has 1 atom stereocenters. The Morgan fingerprint density at radius 1 is 1.23 bits per heavy atom. The van der Waals surface area contributed by atoms with Gasteiger partial charge in [-0.1, -0.05) is 19.1 Å². The third kappa shape index (κ3) is 4.20. The Bertz CT molecular complexity index is 621. The Kier molecular flexibility index (Phi) is 5.32. The fraction of sp³-hybridized carbons (Fsp3) is 0.250. The van der Waals surface area contributed by atoms with E-state index in [9.17, 15) is 9.59 Å². The number of rotatable bonds is 6. The summed E-state index contributed by atoms with van der Waals surface area (Å²) >= 11 is 0. The molecule has 0 saturated carbocycles. The van der Waals surface area contributed by atoms with E-state index in [0.29, 0.717) is 18.8 Å². The second kappa shape index (κ2) is 7.42. The number of furan rings is 1. The third-order valence-corrected chi connectivity index (χ3v) is 3.22. The van der Waals surface area contributed by atoms with Crippen molar-refractivity contribution < 1.29 is 14.0 Å². The summed E-state index contributed by atoms with van der Waals surface area (Å²) in [6, 6.07) is 10.5. The van der Waals surface area contributed by atoms with Gasteiger partial charge in [0.05, 0.1) is 6.26 Å². The van der Waals surface area contributed by atoms with Crippen LogP contribution in [0.1, 0.15) is 23.0 Å². The molecule has 0 bridgehead atoms. The molecule has 1 aromatic heterocycles. The number of nitrogens with one attached hydrogen (secondary N) is 2. The van der Waals surface area contributed by atoms with Gasteiger partial charge in [-0.2, -0.15) is 0 Å². The molecule has 0 aliphatic heterocycles. The average molecular weight is 301 g/mol. The number of anilines is 1. The van der Waals surface area contributed by atoms with Gasteiger partial charge < -0.3 is 20.8 Å². The van der Waals surface area contributed by atoms with Crippen molar-refractivity contribution in [3.63, 3.8) is 0 Å². The summed E-state index contributed by atoms with van der Waals surface area (Å²) in [4.78, 5) is 23.4. The van der Waals surface area contributed by atoms with E-state index in [1.807, 2.05) is 12.1 Å². The number of carbonyl (C=O) groups excluding carboxylic acids is 2. The Morgan fingerprint density at radius 2 is 1.95 bits per heavy atom.